The first-order valence-corrected chi connectivity index (χ1v) is 6.06. The van der Waals surface area contributed by atoms with E-state index >= 15 is 0 Å². The number of carbonyl (C=O) groups excluding carboxylic acids is 1. The zero-order valence-corrected chi connectivity index (χ0v) is 11.2. The van der Waals surface area contributed by atoms with Gasteiger partial charge in [0.05, 0.1) is 0 Å². The Morgan fingerprint density at radius 1 is 1.38 bits per heavy atom. The molecule has 8 heteroatoms. The molecule has 2 aromatic rings. The van der Waals surface area contributed by atoms with Crippen LogP contribution in [0.1, 0.15) is 11.1 Å². The SMILES string of the molecule is Cc1cc(/C=C/C(=O)O)cc(NC(=O)Cn2cnnn2)c1. The molecule has 2 rings (SSSR count). The van der Waals surface area contributed by atoms with Crippen LogP contribution in [0.2, 0.25) is 0 Å². The summed E-state index contributed by atoms with van der Waals surface area (Å²) >= 11 is 0. The number of aliphatic carboxylic acids is 1. The van der Waals surface area contributed by atoms with Crippen LogP contribution in [0.3, 0.4) is 0 Å². The van der Waals surface area contributed by atoms with E-state index in [4.69, 9.17) is 5.11 Å². The predicted octanol–water partition coefficient (Wildman–Crippen LogP) is 0.718. The third-order valence-corrected chi connectivity index (χ3v) is 2.50. The minimum atomic E-state index is -1.03. The van der Waals surface area contributed by atoms with Crippen molar-refractivity contribution in [2.45, 2.75) is 13.5 Å². The minimum absolute atomic E-state index is 0.00123. The summed E-state index contributed by atoms with van der Waals surface area (Å²) in [4.78, 5) is 22.3. The van der Waals surface area contributed by atoms with Crippen molar-refractivity contribution in [3.63, 3.8) is 0 Å². The summed E-state index contributed by atoms with van der Waals surface area (Å²) in [7, 11) is 0. The number of carboxylic acid groups (broad SMARTS) is 1. The van der Waals surface area contributed by atoms with Crippen LogP contribution in [-0.2, 0) is 16.1 Å². The van der Waals surface area contributed by atoms with Gasteiger partial charge in [-0.2, -0.15) is 0 Å². The molecule has 0 aliphatic carbocycles. The normalized spacial score (nSPS) is 10.7. The maximum absolute atomic E-state index is 11.8. The lowest BCUT2D eigenvalue weighted by molar-refractivity contribution is -0.131. The summed E-state index contributed by atoms with van der Waals surface area (Å²) in [6.07, 6.45) is 3.85. The highest BCUT2D eigenvalue weighted by Gasteiger charge is 2.05. The van der Waals surface area contributed by atoms with Crippen molar-refractivity contribution in [1.29, 1.82) is 0 Å². The lowest BCUT2D eigenvalue weighted by Crippen LogP contribution is -2.19. The molecular formula is C13H13N5O3. The van der Waals surface area contributed by atoms with Gasteiger partial charge in [-0.15, -0.1) is 5.10 Å². The lowest BCUT2D eigenvalue weighted by atomic mass is 10.1. The standard InChI is InChI=1S/C13H13N5O3/c1-9-4-10(2-3-13(20)21)6-11(5-9)15-12(19)7-18-8-14-16-17-18/h2-6,8H,7H2,1H3,(H,15,19)(H,20,21)/b3-2+. The van der Waals surface area contributed by atoms with Gasteiger partial charge in [0, 0.05) is 11.8 Å². The number of anilines is 1. The van der Waals surface area contributed by atoms with Crippen LogP contribution in [-0.4, -0.2) is 37.2 Å². The molecule has 0 radical (unpaired) electrons. The van der Waals surface area contributed by atoms with Crippen LogP contribution in [0.5, 0.6) is 0 Å². The third-order valence-electron chi connectivity index (χ3n) is 2.50. The van der Waals surface area contributed by atoms with Crippen LogP contribution in [0.25, 0.3) is 6.08 Å². The van der Waals surface area contributed by atoms with Gasteiger partial charge in [-0.3, -0.25) is 4.79 Å². The molecule has 0 unspecified atom stereocenters. The van der Waals surface area contributed by atoms with E-state index in [-0.39, 0.29) is 12.5 Å². The molecule has 0 spiro atoms. The van der Waals surface area contributed by atoms with E-state index in [9.17, 15) is 9.59 Å². The zero-order valence-electron chi connectivity index (χ0n) is 11.2. The maximum atomic E-state index is 11.8. The molecule has 0 aliphatic heterocycles. The first-order valence-electron chi connectivity index (χ1n) is 6.06. The first-order chi connectivity index (χ1) is 10.0. The van der Waals surface area contributed by atoms with E-state index in [1.807, 2.05) is 13.0 Å². The molecule has 1 aromatic heterocycles. The molecule has 1 heterocycles. The van der Waals surface area contributed by atoms with E-state index in [2.05, 4.69) is 20.8 Å². The van der Waals surface area contributed by atoms with Gasteiger partial charge in [-0.05, 0) is 46.7 Å². The fraction of sp³-hybridized carbons (Fsp3) is 0.154. The van der Waals surface area contributed by atoms with Crippen LogP contribution in [0, 0.1) is 6.92 Å². The zero-order chi connectivity index (χ0) is 15.2. The van der Waals surface area contributed by atoms with E-state index in [1.165, 1.54) is 17.1 Å². The number of hydrogen-bond donors (Lipinski definition) is 2. The molecule has 1 amide bonds. The second-order valence-corrected chi connectivity index (χ2v) is 4.36. The number of carbonyl (C=O) groups is 2. The number of nitrogens with zero attached hydrogens (tertiary/aromatic N) is 4. The van der Waals surface area contributed by atoms with Gasteiger partial charge in [0.1, 0.15) is 12.9 Å². The van der Waals surface area contributed by atoms with Gasteiger partial charge < -0.3 is 10.4 Å². The summed E-state index contributed by atoms with van der Waals surface area (Å²) in [6.45, 7) is 1.86. The summed E-state index contributed by atoms with van der Waals surface area (Å²) in [5.74, 6) is -1.30. The highest BCUT2D eigenvalue weighted by atomic mass is 16.4. The van der Waals surface area contributed by atoms with Gasteiger partial charge in [0.2, 0.25) is 5.91 Å². The highest BCUT2D eigenvalue weighted by molar-refractivity contribution is 5.91. The monoisotopic (exact) mass is 287 g/mol. The Bertz CT molecular complexity index is 679. The first kappa shape index (κ1) is 14.4. The Morgan fingerprint density at radius 3 is 2.86 bits per heavy atom. The highest BCUT2D eigenvalue weighted by Crippen LogP contribution is 2.16. The number of aromatic nitrogens is 4. The summed E-state index contributed by atoms with van der Waals surface area (Å²) in [5, 5.41) is 21.8. The molecule has 0 saturated heterocycles. The number of tetrazole rings is 1. The molecule has 8 nitrogen and oxygen atoms in total. The summed E-state index contributed by atoms with van der Waals surface area (Å²) in [5.41, 5.74) is 2.17. The quantitative estimate of drug-likeness (QED) is 0.784. The third kappa shape index (κ3) is 4.53. The molecule has 0 fully saturated rings. The number of aryl methyl sites for hydroxylation is 1. The molecule has 2 N–H and O–H groups in total. The molecule has 108 valence electrons. The number of carboxylic acids is 1. The molecule has 0 saturated carbocycles. The maximum Gasteiger partial charge on any atom is 0.328 e. The number of rotatable bonds is 5. The molecule has 1 aromatic carbocycles. The van der Waals surface area contributed by atoms with Crippen LogP contribution < -0.4 is 5.32 Å². The largest absolute Gasteiger partial charge is 0.478 e. The number of nitrogens with one attached hydrogen (secondary N) is 1. The van der Waals surface area contributed by atoms with Crippen molar-refractivity contribution in [2.75, 3.05) is 5.32 Å². The van der Waals surface area contributed by atoms with E-state index < -0.39 is 5.97 Å². The number of amides is 1. The van der Waals surface area contributed by atoms with Crippen molar-refractivity contribution in [3.05, 3.63) is 41.7 Å². The fourth-order valence-corrected chi connectivity index (χ4v) is 1.75. The molecule has 0 atom stereocenters. The Balaban J connectivity index is 2.09. The van der Waals surface area contributed by atoms with Crippen molar-refractivity contribution < 1.29 is 14.7 Å². The van der Waals surface area contributed by atoms with E-state index in [0.29, 0.717) is 11.3 Å². The molecule has 21 heavy (non-hydrogen) atoms. The van der Waals surface area contributed by atoms with E-state index in [0.717, 1.165) is 11.6 Å². The smallest absolute Gasteiger partial charge is 0.328 e. The van der Waals surface area contributed by atoms with Gasteiger partial charge >= 0.3 is 5.97 Å². The van der Waals surface area contributed by atoms with Crippen molar-refractivity contribution >= 4 is 23.6 Å². The Hall–Kier alpha value is -3.03. The van der Waals surface area contributed by atoms with Crippen molar-refractivity contribution in [1.82, 2.24) is 20.2 Å². The molecule has 0 aliphatic rings. The van der Waals surface area contributed by atoms with Crippen LogP contribution in [0.4, 0.5) is 5.69 Å². The number of benzene rings is 1. The van der Waals surface area contributed by atoms with Crippen molar-refractivity contribution in [2.24, 2.45) is 0 Å². The second kappa shape index (κ2) is 6.42. The fourth-order valence-electron chi connectivity index (χ4n) is 1.75. The number of hydrogen-bond acceptors (Lipinski definition) is 5. The average molecular weight is 287 g/mol. The minimum Gasteiger partial charge on any atom is -0.478 e. The lowest BCUT2D eigenvalue weighted by Gasteiger charge is -2.07. The van der Waals surface area contributed by atoms with Crippen LogP contribution >= 0.6 is 0 Å². The Labute approximate surface area is 120 Å². The second-order valence-electron chi connectivity index (χ2n) is 4.36. The molecular weight excluding hydrogens is 274 g/mol. The van der Waals surface area contributed by atoms with Gasteiger partial charge in [0.25, 0.3) is 0 Å². The summed E-state index contributed by atoms with van der Waals surface area (Å²) in [6, 6.07) is 5.29. The Kier molecular flexibility index (Phi) is 4.39. The van der Waals surface area contributed by atoms with Crippen LogP contribution in [0.15, 0.2) is 30.6 Å². The van der Waals surface area contributed by atoms with Gasteiger partial charge in [0.15, 0.2) is 0 Å². The predicted molar refractivity (Wildman–Crippen MR) is 74.3 cm³/mol. The average Bonchev–Trinajstić information content (AvgIpc) is 2.88. The molecule has 0 bridgehead atoms. The topological polar surface area (TPSA) is 110 Å². The van der Waals surface area contributed by atoms with Gasteiger partial charge in [-0.1, -0.05) is 6.07 Å². The van der Waals surface area contributed by atoms with Crippen molar-refractivity contribution in [3.8, 4) is 0 Å². The van der Waals surface area contributed by atoms with E-state index in [1.54, 1.807) is 12.1 Å². The summed E-state index contributed by atoms with van der Waals surface area (Å²) < 4.78 is 1.30. The Morgan fingerprint density at radius 2 is 2.19 bits per heavy atom. The van der Waals surface area contributed by atoms with Gasteiger partial charge in [-0.25, -0.2) is 9.48 Å².